The molecule has 2 N–H and O–H groups in total. The molecule has 0 heterocycles. The van der Waals surface area contributed by atoms with Gasteiger partial charge in [0, 0.05) is 11.6 Å². The summed E-state index contributed by atoms with van der Waals surface area (Å²) in [4.78, 5) is 12.3. The van der Waals surface area contributed by atoms with E-state index in [0.717, 1.165) is 19.3 Å². The number of hydrogen-bond donors (Lipinski definition) is 2. The molecule has 0 spiro atoms. The third-order valence-electron chi connectivity index (χ3n) is 3.49. The summed E-state index contributed by atoms with van der Waals surface area (Å²) >= 11 is 0. The first-order chi connectivity index (χ1) is 10.3. The van der Waals surface area contributed by atoms with Gasteiger partial charge in [-0.1, -0.05) is 26.7 Å². The van der Waals surface area contributed by atoms with Crippen LogP contribution in [0.3, 0.4) is 0 Å². The molecule has 0 aromatic heterocycles. The standard InChI is InChI=1S/C16H26N2O3S/c1-12(2)6-5-7-13(3)18-16(19)14-8-10-15(11-9-14)22(20,21)17-4/h8-13,17H,5-7H2,1-4H3,(H,18,19). The highest BCUT2D eigenvalue weighted by molar-refractivity contribution is 7.89. The summed E-state index contributed by atoms with van der Waals surface area (Å²) in [6.07, 6.45) is 3.17. The predicted molar refractivity (Wildman–Crippen MR) is 88.3 cm³/mol. The number of carbonyl (C=O) groups is 1. The van der Waals surface area contributed by atoms with Crippen LogP contribution in [0.2, 0.25) is 0 Å². The average molecular weight is 326 g/mol. The molecular formula is C16H26N2O3S. The van der Waals surface area contributed by atoms with Crippen LogP contribution < -0.4 is 10.0 Å². The summed E-state index contributed by atoms with van der Waals surface area (Å²) in [6.45, 7) is 6.35. The van der Waals surface area contributed by atoms with Gasteiger partial charge in [-0.3, -0.25) is 4.79 Å². The Kier molecular flexibility index (Phi) is 7.03. The van der Waals surface area contributed by atoms with Gasteiger partial charge in [0.25, 0.3) is 5.91 Å². The normalized spacial score (nSPS) is 13.1. The van der Waals surface area contributed by atoms with Crippen molar-refractivity contribution in [3.63, 3.8) is 0 Å². The van der Waals surface area contributed by atoms with Gasteiger partial charge in [0.05, 0.1) is 4.90 Å². The fourth-order valence-corrected chi connectivity index (χ4v) is 2.84. The Hall–Kier alpha value is -1.40. The van der Waals surface area contributed by atoms with Crippen molar-refractivity contribution < 1.29 is 13.2 Å². The van der Waals surface area contributed by atoms with E-state index in [1.54, 1.807) is 0 Å². The number of nitrogens with one attached hydrogen (secondary N) is 2. The van der Waals surface area contributed by atoms with Crippen molar-refractivity contribution in [2.45, 2.75) is 51.0 Å². The van der Waals surface area contributed by atoms with Crippen LogP contribution in [0.4, 0.5) is 0 Å². The summed E-state index contributed by atoms with van der Waals surface area (Å²) in [6, 6.07) is 6.03. The van der Waals surface area contributed by atoms with Crippen LogP contribution >= 0.6 is 0 Å². The molecule has 0 bridgehead atoms. The van der Waals surface area contributed by atoms with Crippen LogP contribution in [0, 0.1) is 5.92 Å². The predicted octanol–water partition coefficient (Wildman–Crippen LogP) is 2.54. The molecule has 1 aromatic carbocycles. The molecule has 1 unspecified atom stereocenters. The fourth-order valence-electron chi connectivity index (χ4n) is 2.11. The van der Waals surface area contributed by atoms with Crippen LogP contribution in [0.1, 0.15) is 50.4 Å². The number of rotatable bonds is 8. The van der Waals surface area contributed by atoms with Crippen molar-refractivity contribution in [2.75, 3.05) is 7.05 Å². The SMILES string of the molecule is CNS(=O)(=O)c1ccc(C(=O)NC(C)CCCC(C)C)cc1. The third-order valence-corrected chi connectivity index (χ3v) is 4.92. The fraction of sp³-hybridized carbons (Fsp3) is 0.562. The zero-order chi connectivity index (χ0) is 16.8. The largest absolute Gasteiger partial charge is 0.350 e. The minimum absolute atomic E-state index is 0.104. The molecule has 124 valence electrons. The van der Waals surface area contributed by atoms with Crippen LogP contribution in [0.15, 0.2) is 29.2 Å². The second kappa shape index (κ2) is 8.29. The van der Waals surface area contributed by atoms with Crippen molar-refractivity contribution in [3.8, 4) is 0 Å². The van der Waals surface area contributed by atoms with Crippen molar-refractivity contribution in [2.24, 2.45) is 5.92 Å². The molecule has 1 amide bonds. The molecule has 1 atom stereocenters. The number of benzene rings is 1. The van der Waals surface area contributed by atoms with Gasteiger partial charge in [-0.25, -0.2) is 13.1 Å². The first kappa shape index (κ1) is 18.6. The summed E-state index contributed by atoms with van der Waals surface area (Å²) in [5.74, 6) is 0.495. The zero-order valence-electron chi connectivity index (χ0n) is 13.7. The van der Waals surface area contributed by atoms with E-state index in [9.17, 15) is 13.2 Å². The van der Waals surface area contributed by atoms with Crippen LogP contribution in [-0.4, -0.2) is 27.4 Å². The molecule has 0 saturated carbocycles. The lowest BCUT2D eigenvalue weighted by molar-refractivity contribution is 0.0937. The topological polar surface area (TPSA) is 75.3 Å². The first-order valence-electron chi connectivity index (χ1n) is 7.60. The van der Waals surface area contributed by atoms with Crippen LogP contribution in [0.25, 0.3) is 0 Å². The molecule has 0 aliphatic heterocycles. The molecule has 0 saturated heterocycles. The van der Waals surface area contributed by atoms with Crippen molar-refractivity contribution >= 4 is 15.9 Å². The second-order valence-electron chi connectivity index (χ2n) is 5.93. The maximum absolute atomic E-state index is 12.1. The quantitative estimate of drug-likeness (QED) is 0.771. The highest BCUT2D eigenvalue weighted by atomic mass is 32.2. The monoisotopic (exact) mass is 326 g/mol. The third kappa shape index (κ3) is 5.77. The summed E-state index contributed by atoms with van der Waals surface area (Å²) < 4.78 is 25.5. The van der Waals surface area contributed by atoms with Gasteiger partial charge in [0.15, 0.2) is 0 Å². The van der Waals surface area contributed by atoms with Gasteiger partial charge in [-0.15, -0.1) is 0 Å². The van der Waals surface area contributed by atoms with Crippen molar-refractivity contribution in [1.29, 1.82) is 0 Å². The maximum Gasteiger partial charge on any atom is 0.251 e. The lowest BCUT2D eigenvalue weighted by Gasteiger charge is -2.14. The molecule has 6 heteroatoms. The van der Waals surface area contributed by atoms with E-state index < -0.39 is 10.0 Å². The van der Waals surface area contributed by atoms with Gasteiger partial charge in [-0.2, -0.15) is 0 Å². The van der Waals surface area contributed by atoms with Crippen LogP contribution in [-0.2, 0) is 10.0 Å². The Labute approximate surface area is 133 Å². The van der Waals surface area contributed by atoms with Gasteiger partial charge in [0.2, 0.25) is 10.0 Å². The zero-order valence-corrected chi connectivity index (χ0v) is 14.5. The van der Waals surface area contributed by atoms with Gasteiger partial charge in [-0.05, 0) is 50.6 Å². The molecule has 0 aliphatic rings. The highest BCUT2D eigenvalue weighted by Gasteiger charge is 2.13. The van der Waals surface area contributed by atoms with E-state index in [-0.39, 0.29) is 16.8 Å². The Morgan fingerprint density at radius 3 is 2.18 bits per heavy atom. The Balaban J connectivity index is 2.59. The Morgan fingerprint density at radius 2 is 1.68 bits per heavy atom. The van der Waals surface area contributed by atoms with E-state index in [2.05, 4.69) is 23.9 Å². The number of carbonyl (C=O) groups excluding carboxylic acids is 1. The van der Waals surface area contributed by atoms with Gasteiger partial charge in [0.1, 0.15) is 0 Å². The molecule has 5 nitrogen and oxygen atoms in total. The van der Waals surface area contributed by atoms with E-state index in [4.69, 9.17) is 0 Å². The second-order valence-corrected chi connectivity index (χ2v) is 7.82. The maximum atomic E-state index is 12.1. The van der Waals surface area contributed by atoms with Crippen molar-refractivity contribution in [1.82, 2.24) is 10.0 Å². The molecule has 1 aromatic rings. The molecule has 0 radical (unpaired) electrons. The summed E-state index contributed by atoms with van der Waals surface area (Å²) in [7, 11) is -2.11. The Bertz CT molecular complexity index is 580. The summed E-state index contributed by atoms with van der Waals surface area (Å²) in [5.41, 5.74) is 0.464. The molecule has 0 aliphatic carbocycles. The number of hydrogen-bond acceptors (Lipinski definition) is 3. The van der Waals surface area contributed by atoms with Crippen LogP contribution in [0.5, 0.6) is 0 Å². The summed E-state index contributed by atoms with van der Waals surface area (Å²) in [5, 5.41) is 2.94. The minimum atomic E-state index is -3.47. The van der Waals surface area contributed by atoms with E-state index >= 15 is 0 Å². The molecular weight excluding hydrogens is 300 g/mol. The van der Waals surface area contributed by atoms with E-state index in [1.165, 1.54) is 31.3 Å². The Morgan fingerprint density at radius 1 is 1.09 bits per heavy atom. The smallest absolute Gasteiger partial charge is 0.251 e. The van der Waals surface area contributed by atoms with Crippen molar-refractivity contribution in [3.05, 3.63) is 29.8 Å². The lowest BCUT2D eigenvalue weighted by Crippen LogP contribution is -2.32. The lowest BCUT2D eigenvalue weighted by atomic mass is 10.0. The molecule has 0 fully saturated rings. The number of amides is 1. The number of sulfonamides is 1. The average Bonchev–Trinajstić information content (AvgIpc) is 2.46. The van der Waals surface area contributed by atoms with E-state index in [1.807, 2.05) is 6.92 Å². The van der Waals surface area contributed by atoms with Gasteiger partial charge < -0.3 is 5.32 Å². The van der Waals surface area contributed by atoms with Gasteiger partial charge >= 0.3 is 0 Å². The molecule has 1 rings (SSSR count). The molecule has 22 heavy (non-hydrogen) atoms. The van der Waals surface area contributed by atoms with E-state index in [0.29, 0.717) is 11.5 Å². The minimum Gasteiger partial charge on any atom is -0.350 e. The highest BCUT2D eigenvalue weighted by Crippen LogP contribution is 2.11. The first-order valence-corrected chi connectivity index (χ1v) is 9.09.